The first-order valence-electron chi connectivity index (χ1n) is 6.23. The smallest absolute Gasteiger partial charge is 0.410 e. The monoisotopic (exact) mass is 280 g/mol. The second-order valence-corrected chi connectivity index (χ2v) is 4.28. The molecule has 0 atom stereocenters. The van der Waals surface area contributed by atoms with Gasteiger partial charge in [0.05, 0.1) is 0 Å². The van der Waals surface area contributed by atoms with Crippen LogP contribution in [0.15, 0.2) is 59.0 Å². The molecule has 3 rings (SSSR count). The molecule has 0 saturated carbocycles. The first-order chi connectivity index (χ1) is 10.2. The first kappa shape index (κ1) is 12.9. The molecule has 0 amide bonds. The van der Waals surface area contributed by atoms with Crippen molar-refractivity contribution in [2.75, 3.05) is 0 Å². The van der Waals surface area contributed by atoms with E-state index in [1.54, 1.807) is 24.3 Å². The van der Waals surface area contributed by atoms with Gasteiger partial charge in [-0.05, 0) is 36.4 Å². The van der Waals surface area contributed by atoms with E-state index in [0.29, 0.717) is 17.2 Å². The van der Waals surface area contributed by atoms with Crippen LogP contribution < -0.4 is 10.5 Å². The predicted molar refractivity (Wildman–Crippen MR) is 77.3 cm³/mol. The highest BCUT2D eigenvalue weighted by molar-refractivity contribution is 5.94. The number of hydrogen-bond donors (Lipinski definition) is 2. The molecule has 0 saturated heterocycles. The first-order valence-corrected chi connectivity index (χ1v) is 6.23. The summed E-state index contributed by atoms with van der Waals surface area (Å²) in [5.41, 5.74) is 6.83. The van der Waals surface area contributed by atoms with E-state index in [0.717, 1.165) is 5.56 Å². The minimum atomic E-state index is 0.00528. The molecule has 1 heterocycles. The molecule has 21 heavy (non-hydrogen) atoms. The second kappa shape index (κ2) is 5.46. The molecule has 0 fully saturated rings. The molecular formula is C15H12N4O2. The van der Waals surface area contributed by atoms with Crippen LogP contribution in [0.1, 0.15) is 5.56 Å². The van der Waals surface area contributed by atoms with Gasteiger partial charge in [0.15, 0.2) is 0 Å². The Bertz CT molecular complexity index is 751. The Morgan fingerprint density at radius 1 is 1.00 bits per heavy atom. The highest BCUT2D eigenvalue weighted by atomic mass is 16.6. The standard InChI is InChI=1S/C15H12N4O2/c16-13(17)10-6-8-12(9-7-10)20-15-19-18-14(21-15)11-4-2-1-3-5-11/h1-9H,(H3,16,17). The Morgan fingerprint density at radius 2 is 1.71 bits per heavy atom. The maximum Gasteiger partial charge on any atom is 0.420 e. The van der Waals surface area contributed by atoms with E-state index in [1.165, 1.54) is 0 Å². The summed E-state index contributed by atoms with van der Waals surface area (Å²) >= 11 is 0. The molecule has 6 nitrogen and oxygen atoms in total. The van der Waals surface area contributed by atoms with E-state index < -0.39 is 0 Å². The number of nitrogens with one attached hydrogen (secondary N) is 1. The molecule has 104 valence electrons. The quantitative estimate of drug-likeness (QED) is 0.565. The average Bonchev–Trinajstić information content (AvgIpc) is 2.97. The van der Waals surface area contributed by atoms with Crippen molar-refractivity contribution in [1.82, 2.24) is 10.2 Å². The van der Waals surface area contributed by atoms with Crippen molar-refractivity contribution < 1.29 is 9.15 Å². The van der Waals surface area contributed by atoms with Gasteiger partial charge in [0.2, 0.25) is 0 Å². The molecule has 3 aromatic rings. The molecule has 2 aromatic carbocycles. The highest BCUT2D eigenvalue weighted by Gasteiger charge is 2.10. The van der Waals surface area contributed by atoms with Crippen LogP contribution in [0.25, 0.3) is 11.5 Å². The summed E-state index contributed by atoms with van der Waals surface area (Å²) in [5, 5.41) is 15.1. The van der Waals surface area contributed by atoms with E-state index in [2.05, 4.69) is 10.2 Å². The number of nitrogen functional groups attached to an aromatic ring is 1. The zero-order valence-electron chi connectivity index (χ0n) is 11.0. The van der Waals surface area contributed by atoms with E-state index in [1.807, 2.05) is 30.3 Å². The minimum Gasteiger partial charge on any atom is -0.410 e. The van der Waals surface area contributed by atoms with Crippen molar-refractivity contribution in [2.24, 2.45) is 5.73 Å². The topological polar surface area (TPSA) is 98.0 Å². The van der Waals surface area contributed by atoms with E-state index in [-0.39, 0.29) is 11.9 Å². The Balaban J connectivity index is 1.77. The molecular weight excluding hydrogens is 268 g/mol. The third-order valence-electron chi connectivity index (χ3n) is 2.80. The minimum absolute atomic E-state index is 0.00528. The number of nitrogens with zero attached hydrogens (tertiary/aromatic N) is 2. The highest BCUT2D eigenvalue weighted by Crippen LogP contribution is 2.24. The van der Waals surface area contributed by atoms with Crippen LogP contribution in [-0.2, 0) is 0 Å². The number of hydrogen-bond acceptors (Lipinski definition) is 5. The normalized spacial score (nSPS) is 10.3. The lowest BCUT2D eigenvalue weighted by Crippen LogP contribution is -2.10. The SMILES string of the molecule is N=C(N)c1ccc(Oc2nnc(-c3ccccc3)o2)cc1. The van der Waals surface area contributed by atoms with E-state index >= 15 is 0 Å². The van der Waals surface area contributed by atoms with Crippen LogP contribution >= 0.6 is 0 Å². The van der Waals surface area contributed by atoms with Gasteiger partial charge in [-0.3, -0.25) is 5.41 Å². The molecule has 0 aliphatic heterocycles. The van der Waals surface area contributed by atoms with Crippen molar-refractivity contribution in [3.8, 4) is 23.3 Å². The molecule has 0 radical (unpaired) electrons. The van der Waals surface area contributed by atoms with Crippen LogP contribution in [0.4, 0.5) is 0 Å². The number of ether oxygens (including phenoxy) is 1. The van der Waals surface area contributed by atoms with Crippen LogP contribution in [0.5, 0.6) is 11.8 Å². The zero-order valence-corrected chi connectivity index (χ0v) is 11.0. The van der Waals surface area contributed by atoms with Gasteiger partial charge in [-0.1, -0.05) is 23.3 Å². The number of amidine groups is 1. The zero-order chi connectivity index (χ0) is 14.7. The summed E-state index contributed by atoms with van der Waals surface area (Å²) in [6, 6.07) is 16.2. The van der Waals surface area contributed by atoms with Gasteiger partial charge in [0.1, 0.15) is 11.6 Å². The van der Waals surface area contributed by atoms with Crippen molar-refractivity contribution in [3.63, 3.8) is 0 Å². The summed E-state index contributed by atoms with van der Waals surface area (Å²) in [6.45, 7) is 0. The molecule has 0 aliphatic rings. The Hall–Kier alpha value is -3.15. The average molecular weight is 280 g/mol. The largest absolute Gasteiger partial charge is 0.420 e. The van der Waals surface area contributed by atoms with Gasteiger partial charge in [-0.15, -0.1) is 5.10 Å². The summed E-state index contributed by atoms with van der Waals surface area (Å²) in [7, 11) is 0. The molecule has 3 N–H and O–H groups in total. The summed E-state index contributed by atoms with van der Waals surface area (Å²) < 4.78 is 10.9. The van der Waals surface area contributed by atoms with Gasteiger partial charge >= 0.3 is 6.08 Å². The van der Waals surface area contributed by atoms with Gasteiger partial charge < -0.3 is 14.9 Å². The summed E-state index contributed by atoms with van der Waals surface area (Å²) in [4.78, 5) is 0. The van der Waals surface area contributed by atoms with Crippen LogP contribution in [0.2, 0.25) is 0 Å². The van der Waals surface area contributed by atoms with Gasteiger partial charge in [0.25, 0.3) is 5.89 Å². The molecule has 0 unspecified atom stereocenters. The predicted octanol–water partition coefficient (Wildman–Crippen LogP) is 2.81. The Kier molecular flexibility index (Phi) is 3.34. The molecule has 0 spiro atoms. The lowest BCUT2D eigenvalue weighted by molar-refractivity contribution is 0.335. The lowest BCUT2D eigenvalue weighted by atomic mass is 10.2. The van der Waals surface area contributed by atoms with Gasteiger partial charge in [0, 0.05) is 11.1 Å². The Morgan fingerprint density at radius 3 is 2.38 bits per heavy atom. The third kappa shape index (κ3) is 2.89. The molecule has 0 bridgehead atoms. The number of nitrogens with two attached hydrogens (primary N) is 1. The molecule has 1 aromatic heterocycles. The lowest BCUT2D eigenvalue weighted by Gasteiger charge is -2.01. The summed E-state index contributed by atoms with van der Waals surface area (Å²) in [6.07, 6.45) is 0.0597. The summed E-state index contributed by atoms with van der Waals surface area (Å²) in [5.74, 6) is 0.930. The van der Waals surface area contributed by atoms with Crippen molar-refractivity contribution >= 4 is 5.84 Å². The maximum atomic E-state index is 7.32. The van der Waals surface area contributed by atoms with Crippen molar-refractivity contribution in [2.45, 2.75) is 0 Å². The van der Waals surface area contributed by atoms with E-state index in [9.17, 15) is 0 Å². The van der Waals surface area contributed by atoms with Gasteiger partial charge in [-0.25, -0.2) is 0 Å². The van der Waals surface area contributed by atoms with Crippen molar-refractivity contribution in [3.05, 3.63) is 60.2 Å². The number of rotatable bonds is 4. The van der Waals surface area contributed by atoms with Crippen LogP contribution in [0.3, 0.4) is 0 Å². The number of benzene rings is 2. The van der Waals surface area contributed by atoms with E-state index in [4.69, 9.17) is 20.3 Å². The molecule has 6 heteroatoms. The van der Waals surface area contributed by atoms with Crippen LogP contribution in [-0.4, -0.2) is 16.0 Å². The fourth-order valence-electron chi connectivity index (χ4n) is 1.75. The fraction of sp³-hybridized carbons (Fsp3) is 0. The maximum absolute atomic E-state index is 7.32. The number of aromatic nitrogens is 2. The van der Waals surface area contributed by atoms with Crippen LogP contribution in [0, 0.1) is 5.41 Å². The van der Waals surface area contributed by atoms with Gasteiger partial charge in [-0.2, -0.15) is 0 Å². The fourth-order valence-corrected chi connectivity index (χ4v) is 1.75. The molecule has 0 aliphatic carbocycles. The van der Waals surface area contributed by atoms with Crippen molar-refractivity contribution in [1.29, 1.82) is 5.41 Å². The second-order valence-electron chi connectivity index (χ2n) is 4.28. The third-order valence-corrected chi connectivity index (χ3v) is 2.80. The Labute approximate surface area is 120 Å².